The number of hydrogen-bond acceptors (Lipinski definition) is 4. The molecule has 0 aliphatic carbocycles. The maximum absolute atomic E-state index is 12.9. The summed E-state index contributed by atoms with van der Waals surface area (Å²) in [7, 11) is 0. The van der Waals surface area contributed by atoms with Gasteiger partial charge in [0.1, 0.15) is 0 Å². The summed E-state index contributed by atoms with van der Waals surface area (Å²) in [5, 5.41) is 4.06. The van der Waals surface area contributed by atoms with Gasteiger partial charge >= 0.3 is 5.97 Å². The number of aryl methyl sites for hydroxylation is 2. The minimum atomic E-state index is -0.588. The van der Waals surface area contributed by atoms with Crippen molar-refractivity contribution in [2.24, 2.45) is 0 Å². The molecule has 1 N–H and O–H groups in total. The van der Waals surface area contributed by atoms with Gasteiger partial charge in [0.25, 0.3) is 5.91 Å². The van der Waals surface area contributed by atoms with E-state index in [-0.39, 0.29) is 6.61 Å². The summed E-state index contributed by atoms with van der Waals surface area (Å²) in [6.07, 6.45) is 0. The number of carbonyl (C=O) groups is 2. The number of halogens is 1. The van der Waals surface area contributed by atoms with Gasteiger partial charge in [0.2, 0.25) is 0 Å². The predicted octanol–water partition coefficient (Wildman–Crippen LogP) is 5.97. The topological polar surface area (TPSA) is 68.3 Å². The van der Waals surface area contributed by atoms with E-state index in [1.807, 2.05) is 62.4 Å². The number of nitrogens with one attached hydrogen (secondary N) is 1. The molecule has 4 aromatic rings. The lowest BCUT2D eigenvalue weighted by atomic mass is 10.0. The molecule has 1 amide bonds. The second kappa shape index (κ2) is 9.20. The molecule has 0 radical (unpaired) electrons. The Bertz CT molecular complexity index is 1320. The number of para-hydroxylation sites is 1. The zero-order valence-electron chi connectivity index (χ0n) is 17.7. The number of rotatable bonds is 5. The number of anilines is 1. The van der Waals surface area contributed by atoms with Crippen molar-refractivity contribution in [2.75, 3.05) is 11.9 Å². The van der Waals surface area contributed by atoms with Crippen molar-refractivity contribution >= 4 is 40.1 Å². The molecular weight excluding hydrogens is 424 g/mol. The molecule has 0 unspecified atom stereocenters. The van der Waals surface area contributed by atoms with Gasteiger partial charge in [0.05, 0.1) is 16.8 Å². The normalized spacial score (nSPS) is 10.7. The highest BCUT2D eigenvalue weighted by Gasteiger charge is 2.17. The summed E-state index contributed by atoms with van der Waals surface area (Å²) in [6.45, 7) is 3.51. The Labute approximate surface area is 191 Å². The Balaban J connectivity index is 1.56. The molecule has 6 heteroatoms. The van der Waals surface area contributed by atoms with Crippen LogP contribution < -0.4 is 5.32 Å². The van der Waals surface area contributed by atoms with Gasteiger partial charge < -0.3 is 10.1 Å². The van der Waals surface area contributed by atoms with Crippen LogP contribution in [0.5, 0.6) is 0 Å². The number of ether oxygens (including phenoxy) is 1. The van der Waals surface area contributed by atoms with Crippen LogP contribution in [-0.2, 0) is 9.53 Å². The first kappa shape index (κ1) is 21.5. The van der Waals surface area contributed by atoms with Crippen molar-refractivity contribution in [2.45, 2.75) is 13.8 Å². The lowest BCUT2D eigenvalue weighted by molar-refractivity contribution is -0.119. The van der Waals surface area contributed by atoms with Gasteiger partial charge in [-0.1, -0.05) is 59.6 Å². The van der Waals surface area contributed by atoms with Crippen LogP contribution in [-0.4, -0.2) is 23.5 Å². The fourth-order valence-electron chi connectivity index (χ4n) is 3.46. The molecule has 0 fully saturated rings. The summed E-state index contributed by atoms with van der Waals surface area (Å²) in [4.78, 5) is 29.9. The third-order valence-corrected chi connectivity index (χ3v) is 5.32. The van der Waals surface area contributed by atoms with Crippen LogP contribution in [0.4, 0.5) is 5.69 Å². The third kappa shape index (κ3) is 4.79. The van der Waals surface area contributed by atoms with Gasteiger partial charge in [-0.2, -0.15) is 0 Å². The van der Waals surface area contributed by atoms with Gasteiger partial charge in [0, 0.05) is 21.7 Å². The fourth-order valence-corrected chi connectivity index (χ4v) is 3.59. The van der Waals surface area contributed by atoms with Crippen LogP contribution in [0.2, 0.25) is 5.02 Å². The van der Waals surface area contributed by atoms with E-state index in [9.17, 15) is 9.59 Å². The minimum Gasteiger partial charge on any atom is -0.452 e. The van der Waals surface area contributed by atoms with Crippen LogP contribution in [0, 0.1) is 13.8 Å². The van der Waals surface area contributed by atoms with Crippen LogP contribution in [0.15, 0.2) is 72.8 Å². The molecule has 0 aliphatic heterocycles. The Kier molecular flexibility index (Phi) is 6.19. The van der Waals surface area contributed by atoms with E-state index in [0.717, 1.165) is 16.7 Å². The quantitative estimate of drug-likeness (QED) is 0.385. The molecule has 0 atom stereocenters. The lowest BCUT2D eigenvalue weighted by Crippen LogP contribution is -2.21. The Morgan fingerprint density at radius 2 is 1.72 bits per heavy atom. The van der Waals surface area contributed by atoms with Crippen molar-refractivity contribution in [3.63, 3.8) is 0 Å². The third-order valence-electron chi connectivity index (χ3n) is 5.07. The van der Waals surface area contributed by atoms with Crippen molar-refractivity contribution in [3.8, 4) is 11.3 Å². The van der Waals surface area contributed by atoms with Crippen LogP contribution in [0.3, 0.4) is 0 Å². The maximum atomic E-state index is 12.9. The molecule has 4 rings (SSSR count). The van der Waals surface area contributed by atoms with Crippen LogP contribution >= 0.6 is 11.6 Å². The van der Waals surface area contributed by atoms with E-state index >= 15 is 0 Å². The number of pyridine rings is 1. The Hall–Kier alpha value is -3.70. The minimum absolute atomic E-state index is 0.347. The highest BCUT2D eigenvalue weighted by molar-refractivity contribution is 6.30. The number of amides is 1. The zero-order chi connectivity index (χ0) is 22.7. The van der Waals surface area contributed by atoms with Crippen molar-refractivity contribution in [1.82, 2.24) is 4.98 Å². The second-order valence-electron chi connectivity index (χ2n) is 7.52. The molecule has 0 spiro atoms. The molecule has 1 heterocycles. The molecule has 0 bridgehead atoms. The maximum Gasteiger partial charge on any atom is 0.339 e. The van der Waals surface area contributed by atoms with E-state index in [1.54, 1.807) is 24.3 Å². The number of fused-ring (bicyclic) bond motifs is 1. The molecular formula is C26H21ClN2O3. The summed E-state index contributed by atoms with van der Waals surface area (Å²) in [5.41, 5.74) is 5.18. The average molecular weight is 445 g/mol. The highest BCUT2D eigenvalue weighted by Crippen LogP contribution is 2.26. The number of carbonyl (C=O) groups excluding carboxylic acids is 2. The first-order valence-corrected chi connectivity index (χ1v) is 10.5. The smallest absolute Gasteiger partial charge is 0.339 e. The number of esters is 1. The molecule has 32 heavy (non-hydrogen) atoms. The van der Waals surface area contributed by atoms with Crippen molar-refractivity contribution in [1.29, 1.82) is 0 Å². The summed E-state index contributed by atoms with van der Waals surface area (Å²) in [6, 6.07) is 21.9. The number of hydrogen-bond donors (Lipinski definition) is 1. The molecule has 5 nitrogen and oxygen atoms in total. The lowest BCUT2D eigenvalue weighted by Gasteiger charge is -2.11. The zero-order valence-corrected chi connectivity index (χ0v) is 18.4. The molecule has 1 aromatic heterocycles. The molecule has 0 saturated carbocycles. The average Bonchev–Trinajstić information content (AvgIpc) is 2.79. The largest absolute Gasteiger partial charge is 0.452 e. The summed E-state index contributed by atoms with van der Waals surface area (Å²) in [5.74, 6) is -0.990. The second-order valence-corrected chi connectivity index (χ2v) is 7.96. The first-order chi connectivity index (χ1) is 15.4. The van der Waals surface area contributed by atoms with E-state index in [4.69, 9.17) is 16.3 Å². The molecule has 0 saturated heterocycles. The number of benzene rings is 3. The van der Waals surface area contributed by atoms with Crippen molar-refractivity contribution in [3.05, 3.63) is 94.5 Å². The monoisotopic (exact) mass is 444 g/mol. The van der Waals surface area contributed by atoms with Gasteiger partial charge in [-0.3, -0.25) is 4.79 Å². The SMILES string of the molecule is Cc1ccc(NC(=O)COC(=O)c2cc(-c3ccc(Cl)cc3)nc3ccccc23)c(C)c1. The molecule has 0 aliphatic rings. The van der Waals surface area contributed by atoms with Gasteiger partial charge in [-0.05, 0) is 49.7 Å². The van der Waals surface area contributed by atoms with Crippen molar-refractivity contribution < 1.29 is 14.3 Å². The van der Waals surface area contributed by atoms with E-state index in [2.05, 4.69) is 10.3 Å². The van der Waals surface area contributed by atoms with E-state index in [1.165, 1.54) is 0 Å². The van der Waals surface area contributed by atoms with Gasteiger partial charge in [0.15, 0.2) is 6.61 Å². The standard InChI is InChI=1S/C26H21ClN2O3/c1-16-7-12-22(17(2)13-16)29-25(30)15-32-26(31)21-14-24(18-8-10-19(27)11-9-18)28-23-6-4-3-5-20(21)23/h3-14H,15H2,1-2H3,(H,29,30). The number of nitrogens with zero attached hydrogens (tertiary/aromatic N) is 1. The van der Waals surface area contributed by atoms with Crippen LogP contribution in [0.25, 0.3) is 22.2 Å². The van der Waals surface area contributed by atoms with Gasteiger partial charge in [-0.15, -0.1) is 0 Å². The fraction of sp³-hybridized carbons (Fsp3) is 0.115. The summed E-state index contributed by atoms with van der Waals surface area (Å²) >= 11 is 5.99. The molecule has 3 aromatic carbocycles. The van der Waals surface area contributed by atoms with Crippen LogP contribution in [0.1, 0.15) is 21.5 Å². The van der Waals surface area contributed by atoms with E-state index in [0.29, 0.717) is 32.9 Å². The molecule has 160 valence electrons. The Morgan fingerprint density at radius 3 is 2.47 bits per heavy atom. The van der Waals surface area contributed by atoms with E-state index < -0.39 is 11.9 Å². The van der Waals surface area contributed by atoms with Gasteiger partial charge in [-0.25, -0.2) is 9.78 Å². The Morgan fingerprint density at radius 1 is 0.969 bits per heavy atom. The predicted molar refractivity (Wildman–Crippen MR) is 127 cm³/mol. The first-order valence-electron chi connectivity index (χ1n) is 10.1. The number of aromatic nitrogens is 1. The highest BCUT2D eigenvalue weighted by atomic mass is 35.5. The summed E-state index contributed by atoms with van der Waals surface area (Å²) < 4.78 is 5.34.